The molecule has 0 spiro atoms. The minimum Gasteiger partial charge on any atom is -0.320 e. The summed E-state index contributed by atoms with van der Waals surface area (Å²) in [5, 5.41) is 3.36. The van der Waals surface area contributed by atoms with E-state index in [0.717, 1.165) is 6.07 Å². The molecule has 0 unspecified atom stereocenters. The number of hydrogen-bond acceptors (Lipinski definition) is 2. The number of halogens is 4. The van der Waals surface area contributed by atoms with Gasteiger partial charge < -0.3 is 5.73 Å². The molecule has 18 heavy (non-hydrogen) atoms. The first-order valence-corrected chi connectivity index (χ1v) is 5.99. The topological polar surface area (TPSA) is 26.0 Å². The molecule has 0 saturated carbocycles. The van der Waals surface area contributed by atoms with E-state index < -0.39 is 23.6 Å². The molecule has 0 bridgehead atoms. The monoisotopic (exact) mass is 275 g/mol. The Morgan fingerprint density at radius 3 is 2.44 bits per heavy atom. The molecule has 0 saturated heterocycles. The molecule has 6 heteroatoms. The van der Waals surface area contributed by atoms with Crippen molar-refractivity contribution >= 4 is 11.3 Å². The average molecular weight is 275 g/mol. The maximum absolute atomic E-state index is 13.4. The van der Waals surface area contributed by atoms with Gasteiger partial charge in [-0.05, 0) is 34.0 Å². The zero-order chi connectivity index (χ0) is 13.3. The van der Waals surface area contributed by atoms with Crippen LogP contribution in [-0.4, -0.2) is 0 Å². The van der Waals surface area contributed by atoms with E-state index in [9.17, 15) is 17.6 Å². The molecular weight excluding hydrogens is 266 g/mol. The van der Waals surface area contributed by atoms with E-state index in [4.69, 9.17) is 5.73 Å². The Labute approximate surface area is 105 Å². The molecule has 0 aliphatic rings. The Morgan fingerprint density at radius 1 is 1.17 bits per heavy atom. The normalized spacial score (nSPS) is 13.6. The van der Waals surface area contributed by atoms with Gasteiger partial charge in [0.1, 0.15) is 5.82 Å². The van der Waals surface area contributed by atoms with Crippen LogP contribution < -0.4 is 5.73 Å². The van der Waals surface area contributed by atoms with Crippen LogP contribution in [0.15, 0.2) is 35.0 Å². The summed E-state index contributed by atoms with van der Waals surface area (Å²) in [6.07, 6.45) is -4.76. The van der Waals surface area contributed by atoms with Crippen LogP contribution >= 0.6 is 11.3 Å². The third kappa shape index (κ3) is 2.39. The summed E-state index contributed by atoms with van der Waals surface area (Å²) < 4.78 is 51.8. The molecule has 2 aromatic rings. The highest BCUT2D eigenvalue weighted by Crippen LogP contribution is 2.37. The van der Waals surface area contributed by atoms with Crippen molar-refractivity contribution in [3.63, 3.8) is 0 Å². The van der Waals surface area contributed by atoms with Crippen molar-refractivity contribution in [3.05, 3.63) is 57.5 Å². The van der Waals surface area contributed by atoms with Gasteiger partial charge in [-0.25, -0.2) is 4.39 Å². The van der Waals surface area contributed by atoms with Gasteiger partial charge in [-0.15, -0.1) is 0 Å². The lowest BCUT2D eigenvalue weighted by atomic mass is 9.96. The van der Waals surface area contributed by atoms with Crippen molar-refractivity contribution in [1.29, 1.82) is 0 Å². The highest BCUT2D eigenvalue weighted by molar-refractivity contribution is 7.08. The molecule has 2 rings (SSSR count). The van der Waals surface area contributed by atoms with E-state index in [-0.39, 0.29) is 5.56 Å². The highest BCUT2D eigenvalue weighted by atomic mass is 32.1. The summed E-state index contributed by atoms with van der Waals surface area (Å²) in [5.74, 6) is -1.30. The van der Waals surface area contributed by atoms with Gasteiger partial charge in [0.2, 0.25) is 0 Å². The molecule has 0 radical (unpaired) electrons. The van der Waals surface area contributed by atoms with Crippen LogP contribution in [0.5, 0.6) is 0 Å². The third-order valence-electron chi connectivity index (χ3n) is 2.57. The van der Waals surface area contributed by atoms with Crippen LogP contribution in [0.3, 0.4) is 0 Å². The molecule has 0 aliphatic carbocycles. The van der Waals surface area contributed by atoms with Gasteiger partial charge in [-0.2, -0.15) is 24.5 Å². The van der Waals surface area contributed by atoms with Crippen LogP contribution in [-0.2, 0) is 6.18 Å². The third-order valence-corrected chi connectivity index (χ3v) is 3.27. The van der Waals surface area contributed by atoms with Gasteiger partial charge in [0, 0.05) is 0 Å². The van der Waals surface area contributed by atoms with E-state index in [1.165, 1.54) is 23.5 Å². The Morgan fingerprint density at radius 2 is 1.89 bits per heavy atom. The fourth-order valence-electron chi connectivity index (χ4n) is 1.73. The average Bonchev–Trinajstić information content (AvgIpc) is 2.79. The molecule has 0 fully saturated rings. The van der Waals surface area contributed by atoms with Gasteiger partial charge in [-0.1, -0.05) is 12.1 Å². The summed E-state index contributed by atoms with van der Waals surface area (Å²) >= 11 is 1.33. The van der Waals surface area contributed by atoms with Crippen molar-refractivity contribution in [3.8, 4) is 0 Å². The van der Waals surface area contributed by atoms with Gasteiger partial charge in [-0.3, -0.25) is 0 Å². The minimum absolute atomic E-state index is 0.249. The van der Waals surface area contributed by atoms with E-state index >= 15 is 0 Å². The van der Waals surface area contributed by atoms with Crippen LogP contribution in [0.1, 0.15) is 22.7 Å². The highest BCUT2D eigenvalue weighted by Gasteiger charge is 2.38. The molecule has 1 atom stereocenters. The molecular formula is C12H9F4NS. The first-order chi connectivity index (χ1) is 8.41. The lowest BCUT2D eigenvalue weighted by molar-refractivity contribution is -0.140. The van der Waals surface area contributed by atoms with Crippen molar-refractivity contribution < 1.29 is 17.6 Å². The predicted molar refractivity (Wildman–Crippen MR) is 61.8 cm³/mol. The molecule has 0 amide bonds. The SMILES string of the molecule is N[C@H](c1ccsc1)c1cccc(F)c1C(F)(F)F. The van der Waals surface area contributed by atoms with Crippen LogP contribution in [0.4, 0.5) is 17.6 Å². The van der Waals surface area contributed by atoms with E-state index in [2.05, 4.69) is 0 Å². The number of rotatable bonds is 2. The molecule has 2 N–H and O–H groups in total. The molecule has 96 valence electrons. The minimum atomic E-state index is -4.76. The van der Waals surface area contributed by atoms with Crippen LogP contribution in [0.2, 0.25) is 0 Å². The number of benzene rings is 1. The first-order valence-electron chi connectivity index (χ1n) is 5.04. The van der Waals surface area contributed by atoms with Crippen molar-refractivity contribution in [1.82, 2.24) is 0 Å². The predicted octanol–water partition coefficient (Wildman–Crippen LogP) is 3.95. The van der Waals surface area contributed by atoms with Gasteiger partial charge in [0.25, 0.3) is 0 Å². The Bertz CT molecular complexity index is 534. The summed E-state index contributed by atoms with van der Waals surface area (Å²) in [6, 6.07) is 3.86. The Hall–Kier alpha value is -1.40. The molecule has 1 nitrogen and oxygen atoms in total. The molecule has 0 aliphatic heterocycles. The number of nitrogens with two attached hydrogens (primary N) is 1. The second-order valence-electron chi connectivity index (χ2n) is 3.74. The van der Waals surface area contributed by atoms with Crippen molar-refractivity contribution in [2.75, 3.05) is 0 Å². The summed E-state index contributed by atoms with van der Waals surface area (Å²) in [5.41, 5.74) is 4.77. The molecule has 1 aromatic heterocycles. The number of alkyl halides is 3. The fraction of sp³-hybridized carbons (Fsp3) is 0.167. The Kier molecular flexibility index (Phi) is 3.41. The standard InChI is InChI=1S/C12H9F4NS/c13-9-3-1-2-8(10(9)12(14,15)16)11(17)7-4-5-18-6-7/h1-6,11H,17H2/t11-/m1/s1. The lowest BCUT2D eigenvalue weighted by Gasteiger charge is -2.18. The zero-order valence-corrected chi connectivity index (χ0v) is 9.86. The second kappa shape index (κ2) is 4.70. The maximum Gasteiger partial charge on any atom is 0.419 e. The van der Waals surface area contributed by atoms with E-state index in [0.29, 0.717) is 5.56 Å². The van der Waals surface area contributed by atoms with E-state index in [1.807, 2.05) is 0 Å². The smallest absolute Gasteiger partial charge is 0.320 e. The van der Waals surface area contributed by atoms with Crippen molar-refractivity contribution in [2.45, 2.75) is 12.2 Å². The quantitative estimate of drug-likeness (QED) is 0.825. The summed E-state index contributed by atoms with van der Waals surface area (Å²) in [4.78, 5) is 0. The molecule has 1 aromatic carbocycles. The Balaban J connectivity index is 2.55. The van der Waals surface area contributed by atoms with Gasteiger partial charge >= 0.3 is 6.18 Å². The van der Waals surface area contributed by atoms with Gasteiger partial charge in [0.05, 0.1) is 11.6 Å². The molecule has 1 heterocycles. The number of hydrogen-bond donors (Lipinski definition) is 1. The second-order valence-corrected chi connectivity index (χ2v) is 4.52. The van der Waals surface area contributed by atoms with Crippen LogP contribution in [0, 0.1) is 5.82 Å². The van der Waals surface area contributed by atoms with Crippen molar-refractivity contribution in [2.24, 2.45) is 5.73 Å². The summed E-state index contributed by atoms with van der Waals surface area (Å²) in [6.45, 7) is 0. The lowest BCUT2D eigenvalue weighted by Crippen LogP contribution is -2.19. The number of thiophene rings is 1. The fourth-order valence-corrected chi connectivity index (χ4v) is 2.43. The zero-order valence-electron chi connectivity index (χ0n) is 9.04. The first kappa shape index (κ1) is 13.0. The summed E-state index contributed by atoms with van der Waals surface area (Å²) in [7, 11) is 0. The van der Waals surface area contributed by atoms with Crippen LogP contribution in [0.25, 0.3) is 0 Å². The largest absolute Gasteiger partial charge is 0.419 e. The van der Waals surface area contributed by atoms with Gasteiger partial charge in [0.15, 0.2) is 0 Å². The van der Waals surface area contributed by atoms with E-state index in [1.54, 1.807) is 16.8 Å². The maximum atomic E-state index is 13.4.